The lowest BCUT2D eigenvalue weighted by Crippen LogP contribution is -2.46. The third kappa shape index (κ3) is 4.60. The van der Waals surface area contributed by atoms with Gasteiger partial charge in [0.05, 0.1) is 0 Å². The van der Waals surface area contributed by atoms with Gasteiger partial charge in [-0.1, -0.05) is 13.8 Å². The lowest BCUT2D eigenvalue weighted by atomic mass is 10.0. The van der Waals surface area contributed by atoms with E-state index in [0.29, 0.717) is 29.6 Å². The van der Waals surface area contributed by atoms with Crippen molar-refractivity contribution in [1.29, 1.82) is 0 Å². The number of nitrogens with zero attached hydrogens (tertiary/aromatic N) is 1. The largest absolute Gasteiger partial charge is 0.357 e. The van der Waals surface area contributed by atoms with Crippen molar-refractivity contribution >= 4 is 23.2 Å². The van der Waals surface area contributed by atoms with Crippen LogP contribution in [0.25, 0.3) is 0 Å². The summed E-state index contributed by atoms with van der Waals surface area (Å²) in [5, 5.41) is 7.60. The van der Waals surface area contributed by atoms with Gasteiger partial charge in [-0.15, -0.1) is 11.3 Å². The van der Waals surface area contributed by atoms with Crippen LogP contribution in [0.3, 0.4) is 0 Å². The van der Waals surface area contributed by atoms with Gasteiger partial charge in [0.25, 0.3) is 5.91 Å². The van der Waals surface area contributed by atoms with Crippen LogP contribution in [0.15, 0.2) is 5.38 Å². The van der Waals surface area contributed by atoms with E-state index in [0.717, 1.165) is 0 Å². The normalized spacial score (nSPS) is 12.3. The fourth-order valence-electron chi connectivity index (χ4n) is 1.62. The molecule has 19 heavy (non-hydrogen) atoms. The first kappa shape index (κ1) is 15.6. The van der Waals surface area contributed by atoms with E-state index in [2.05, 4.69) is 15.6 Å². The van der Waals surface area contributed by atoms with E-state index in [1.165, 1.54) is 11.3 Å². The number of amides is 2. The molecule has 1 aromatic heterocycles. The molecule has 1 heterocycles. The molecule has 2 amide bonds. The Kier molecular flexibility index (Phi) is 5.91. The summed E-state index contributed by atoms with van der Waals surface area (Å²) >= 11 is 1.34. The van der Waals surface area contributed by atoms with E-state index in [4.69, 9.17) is 5.73 Å². The highest BCUT2D eigenvalue weighted by Crippen LogP contribution is 2.10. The van der Waals surface area contributed by atoms with Gasteiger partial charge >= 0.3 is 0 Å². The standard InChI is InChI=1S/C12H20N4O2S/c1-7(2)4-8(11(17)14-3)16-12(18)9-6-19-10(5-13)15-9/h6-8H,4-5,13H2,1-3H3,(H,14,17)(H,16,18). The first-order valence-corrected chi connectivity index (χ1v) is 7.02. The number of likely N-dealkylation sites (N-methyl/N-ethyl adjacent to an activating group) is 1. The summed E-state index contributed by atoms with van der Waals surface area (Å²) in [5.41, 5.74) is 5.76. The summed E-state index contributed by atoms with van der Waals surface area (Å²) in [7, 11) is 1.55. The van der Waals surface area contributed by atoms with Crippen LogP contribution in [0.5, 0.6) is 0 Å². The molecule has 0 radical (unpaired) electrons. The number of thiazole rings is 1. The van der Waals surface area contributed by atoms with Crippen LogP contribution in [0, 0.1) is 5.92 Å². The van der Waals surface area contributed by atoms with Gasteiger partial charge in [0, 0.05) is 19.0 Å². The maximum Gasteiger partial charge on any atom is 0.271 e. The molecule has 0 aliphatic heterocycles. The van der Waals surface area contributed by atoms with Crippen molar-refractivity contribution in [3.8, 4) is 0 Å². The molecule has 0 saturated heterocycles. The van der Waals surface area contributed by atoms with Crippen molar-refractivity contribution in [2.24, 2.45) is 11.7 Å². The number of hydrogen-bond donors (Lipinski definition) is 3. The number of carbonyl (C=O) groups is 2. The quantitative estimate of drug-likeness (QED) is 0.708. The first-order valence-electron chi connectivity index (χ1n) is 6.14. The Morgan fingerprint density at radius 3 is 2.63 bits per heavy atom. The second-order valence-electron chi connectivity index (χ2n) is 4.60. The van der Waals surface area contributed by atoms with E-state index < -0.39 is 6.04 Å². The lowest BCUT2D eigenvalue weighted by molar-refractivity contribution is -0.122. The summed E-state index contributed by atoms with van der Waals surface area (Å²) in [6.45, 7) is 4.30. The van der Waals surface area contributed by atoms with Gasteiger partial charge in [-0.3, -0.25) is 9.59 Å². The molecule has 0 aliphatic carbocycles. The van der Waals surface area contributed by atoms with Crippen LogP contribution in [0.2, 0.25) is 0 Å². The van der Waals surface area contributed by atoms with E-state index in [1.54, 1.807) is 12.4 Å². The summed E-state index contributed by atoms with van der Waals surface area (Å²) in [5.74, 6) is -0.237. The van der Waals surface area contributed by atoms with Crippen LogP contribution in [-0.2, 0) is 11.3 Å². The van der Waals surface area contributed by atoms with Gasteiger partial charge in [0.2, 0.25) is 5.91 Å². The molecule has 4 N–H and O–H groups in total. The Hall–Kier alpha value is -1.47. The van der Waals surface area contributed by atoms with Crippen LogP contribution in [-0.4, -0.2) is 29.9 Å². The van der Waals surface area contributed by atoms with Gasteiger partial charge in [0.1, 0.15) is 16.7 Å². The average Bonchev–Trinajstić information content (AvgIpc) is 2.85. The van der Waals surface area contributed by atoms with Gasteiger partial charge in [0.15, 0.2) is 0 Å². The number of rotatable bonds is 6. The molecule has 6 nitrogen and oxygen atoms in total. The minimum absolute atomic E-state index is 0.198. The third-order valence-corrected chi connectivity index (χ3v) is 3.41. The van der Waals surface area contributed by atoms with Crippen molar-refractivity contribution in [1.82, 2.24) is 15.6 Å². The highest BCUT2D eigenvalue weighted by atomic mass is 32.1. The molecule has 1 atom stereocenters. The zero-order chi connectivity index (χ0) is 14.4. The molecule has 7 heteroatoms. The maximum absolute atomic E-state index is 12.0. The second-order valence-corrected chi connectivity index (χ2v) is 5.54. The van der Waals surface area contributed by atoms with Crippen molar-refractivity contribution in [3.63, 3.8) is 0 Å². The summed E-state index contributed by atoms with van der Waals surface area (Å²) in [6.07, 6.45) is 0.583. The summed E-state index contributed by atoms with van der Waals surface area (Å²) in [4.78, 5) is 27.8. The zero-order valence-corrected chi connectivity index (χ0v) is 12.2. The molecule has 106 valence electrons. The van der Waals surface area contributed by atoms with Gasteiger partial charge in [-0.05, 0) is 12.3 Å². The Morgan fingerprint density at radius 2 is 2.16 bits per heavy atom. The van der Waals surface area contributed by atoms with Crippen molar-refractivity contribution in [3.05, 3.63) is 16.1 Å². The number of nitrogens with two attached hydrogens (primary N) is 1. The number of nitrogens with one attached hydrogen (secondary N) is 2. The Morgan fingerprint density at radius 1 is 1.47 bits per heavy atom. The molecule has 0 saturated carbocycles. The van der Waals surface area contributed by atoms with Crippen LogP contribution in [0.1, 0.15) is 35.8 Å². The summed E-state index contributed by atoms with van der Waals surface area (Å²) in [6, 6.07) is -0.541. The third-order valence-electron chi connectivity index (χ3n) is 2.53. The fraction of sp³-hybridized carbons (Fsp3) is 0.583. The topological polar surface area (TPSA) is 97.1 Å². The molecule has 0 aromatic carbocycles. The van der Waals surface area contributed by atoms with E-state index in [-0.39, 0.29) is 11.8 Å². The number of carbonyl (C=O) groups excluding carboxylic acids is 2. The lowest BCUT2D eigenvalue weighted by Gasteiger charge is -2.18. The zero-order valence-electron chi connectivity index (χ0n) is 11.4. The fourth-order valence-corrected chi connectivity index (χ4v) is 2.27. The van der Waals surface area contributed by atoms with Crippen LogP contribution < -0.4 is 16.4 Å². The minimum Gasteiger partial charge on any atom is -0.357 e. The molecule has 1 rings (SSSR count). The van der Waals surface area contributed by atoms with Crippen molar-refractivity contribution in [2.45, 2.75) is 32.9 Å². The minimum atomic E-state index is -0.541. The van der Waals surface area contributed by atoms with Crippen LogP contribution >= 0.6 is 11.3 Å². The monoisotopic (exact) mass is 284 g/mol. The Labute approximate surface area is 116 Å². The van der Waals surface area contributed by atoms with Gasteiger partial charge in [-0.25, -0.2) is 4.98 Å². The molecule has 0 spiro atoms. The van der Waals surface area contributed by atoms with Crippen molar-refractivity contribution in [2.75, 3.05) is 7.05 Å². The maximum atomic E-state index is 12.0. The Balaban J connectivity index is 2.72. The smallest absolute Gasteiger partial charge is 0.271 e. The summed E-state index contributed by atoms with van der Waals surface area (Å²) < 4.78 is 0. The van der Waals surface area contributed by atoms with Gasteiger partial charge < -0.3 is 16.4 Å². The molecular weight excluding hydrogens is 264 g/mol. The molecule has 1 aromatic rings. The van der Waals surface area contributed by atoms with E-state index in [1.807, 2.05) is 13.8 Å². The molecule has 1 unspecified atom stereocenters. The number of hydrogen-bond acceptors (Lipinski definition) is 5. The molecular formula is C12H20N4O2S. The SMILES string of the molecule is CNC(=O)C(CC(C)C)NC(=O)c1csc(CN)n1. The predicted molar refractivity (Wildman–Crippen MR) is 74.8 cm³/mol. The highest BCUT2D eigenvalue weighted by Gasteiger charge is 2.22. The van der Waals surface area contributed by atoms with Crippen LogP contribution in [0.4, 0.5) is 0 Å². The number of aromatic nitrogens is 1. The van der Waals surface area contributed by atoms with Crippen molar-refractivity contribution < 1.29 is 9.59 Å². The van der Waals surface area contributed by atoms with E-state index in [9.17, 15) is 9.59 Å². The molecule has 0 fully saturated rings. The average molecular weight is 284 g/mol. The highest BCUT2D eigenvalue weighted by molar-refractivity contribution is 7.09. The Bertz CT molecular complexity index is 445. The van der Waals surface area contributed by atoms with Gasteiger partial charge in [-0.2, -0.15) is 0 Å². The first-order chi connectivity index (χ1) is 8.97. The molecule has 0 aliphatic rings. The second kappa shape index (κ2) is 7.20. The predicted octanol–water partition coefficient (Wildman–Crippen LogP) is 0.492. The molecule has 0 bridgehead atoms. The van der Waals surface area contributed by atoms with E-state index >= 15 is 0 Å².